The number of fused-ring (bicyclic) bond motifs is 1. The summed E-state index contributed by atoms with van der Waals surface area (Å²) in [5.74, 6) is 1.04. The van der Waals surface area contributed by atoms with Crippen LogP contribution >= 0.6 is 0 Å². The second kappa shape index (κ2) is 7.21. The van der Waals surface area contributed by atoms with Gasteiger partial charge in [0, 0.05) is 10.9 Å². The van der Waals surface area contributed by atoms with Gasteiger partial charge in [-0.05, 0) is 29.2 Å². The van der Waals surface area contributed by atoms with Gasteiger partial charge in [-0.2, -0.15) is 0 Å². The van der Waals surface area contributed by atoms with Gasteiger partial charge < -0.3 is 14.6 Å². The van der Waals surface area contributed by atoms with Crippen LogP contribution in [0.1, 0.15) is 18.1 Å². The minimum absolute atomic E-state index is 0.285. The zero-order valence-corrected chi connectivity index (χ0v) is 14.5. The summed E-state index contributed by atoms with van der Waals surface area (Å²) in [6, 6.07) is 12.9. The number of benzene rings is 2. The molecule has 0 aliphatic heterocycles. The van der Waals surface area contributed by atoms with Crippen molar-refractivity contribution in [1.82, 2.24) is 0 Å². The molecule has 1 heterocycles. The first-order valence-electron chi connectivity index (χ1n) is 8.07. The molecule has 0 radical (unpaired) electrons. The monoisotopic (exact) mass is 336 g/mol. The molecule has 0 fully saturated rings. The first kappa shape index (κ1) is 16.8. The Morgan fingerprint density at radius 2 is 1.72 bits per heavy atom. The summed E-state index contributed by atoms with van der Waals surface area (Å²) in [5.41, 5.74) is 1.63. The van der Waals surface area contributed by atoms with Crippen LogP contribution in [-0.2, 0) is 6.42 Å². The van der Waals surface area contributed by atoms with E-state index in [9.17, 15) is 5.11 Å². The topological polar surface area (TPSA) is 57.8 Å². The Bertz CT molecular complexity index is 921. The molecule has 0 unspecified atom stereocenters. The molecular formula is C20H20N2O3. The van der Waals surface area contributed by atoms with Gasteiger partial charge in [0.15, 0.2) is 11.5 Å². The number of aromatic nitrogens is 1. The van der Waals surface area contributed by atoms with Crippen molar-refractivity contribution < 1.29 is 19.3 Å². The highest BCUT2D eigenvalue weighted by Gasteiger charge is 2.14. The molecule has 3 rings (SSSR count). The van der Waals surface area contributed by atoms with Crippen LogP contribution in [0.2, 0.25) is 0 Å². The van der Waals surface area contributed by atoms with Gasteiger partial charge in [0.2, 0.25) is 12.4 Å². The maximum Gasteiger partial charge on any atom is 0.210 e. The fourth-order valence-corrected chi connectivity index (χ4v) is 2.77. The van der Waals surface area contributed by atoms with Gasteiger partial charge in [-0.1, -0.05) is 41.9 Å². The summed E-state index contributed by atoms with van der Waals surface area (Å²) in [6.07, 6.45) is 4.49. The summed E-state index contributed by atoms with van der Waals surface area (Å²) in [6.45, 7) is 2.06. The van der Waals surface area contributed by atoms with Crippen molar-refractivity contribution in [3.63, 3.8) is 0 Å². The minimum atomic E-state index is -0.285. The Balaban J connectivity index is 2.14. The minimum Gasteiger partial charge on any atom is -0.854 e. The van der Waals surface area contributed by atoms with Crippen molar-refractivity contribution in [3.05, 3.63) is 66.0 Å². The Hall–Kier alpha value is -3.08. The molecule has 0 bridgehead atoms. The molecule has 0 saturated heterocycles. The Morgan fingerprint density at radius 1 is 1.04 bits per heavy atom. The van der Waals surface area contributed by atoms with E-state index in [4.69, 9.17) is 9.47 Å². The Morgan fingerprint density at radius 3 is 2.36 bits per heavy atom. The largest absolute Gasteiger partial charge is 0.854 e. The zero-order chi connectivity index (χ0) is 17.8. The van der Waals surface area contributed by atoms with E-state index in [2.05, 4.69) is 12.0 Å². The van der Waals surface area contributed by atoms with Crippen molar-refractivity contribution in [2.45, 2.75) is 13.3 Å². The number of hydrogen-bond donors (Lipinski definition) is 0. The molecule has 0 spiro atoms. The van der Waals surface area contributed by atoms with Crippen molar-refractivity contribution in [2.24, 2.45) is 5.10 Å². The van der Waals surface area contributed by atoms with Crippen LogP contribution in [-0.4, -0.2) is 20.1 Å². The molecule has 3 aromatic rings. The van der Waals surface area contributed by atoms with E-state index in [1.807, 2.05) is 42.7 Å². The van der Waals surface area contributed by atoms with E-state index in [0.29, 0.717) is 17.1 Å². The first-order valence-corrected chi connectivity index (χ1v) is 8.07. The van der Waals surface area contributed by atoms with E-state index in [1.165, 1.54) is 0 Å². The lowest BCUT2D eigenvalue weighted by molar-refractivity contribution is -0.680. The van der Waals surface area contributed by atoms with Gasteiger partial charge in [-0.15, -0.1) is 0 Å². The third-order valence-corrected chi connectivity index (χ3v) is 4.07. The number of ether oxygens (including phenoxy) is 2. The van der Waals surface area contributed by atoms with E-state index in [0.717, 1.165) is 22.8 Å². The number of hydrogen-bond acceptors (Lipinski definition) is 4. The molecule has 2 aromatic carbocycles. The SMILES string of the molecule is CCc1c[n+](/N=C(\[O-])c2ccccc2)cc2cc(OC)c(OC)cc12. The molecule has 0 amide bonds. The standard InChI is InChI=1S/C20H20N2O3/c1-4-14-12-22(21-20(23)15-8-6-5-7-9-15)13-16-10-18(24-2)19(25-3)11-17(14)16/h5-13H,4H2,1-3H3. The molecule has 1 aromatic heterocycles. The third kappa shape index (κ3) is 3.40. The Kier molecular flexibility index (Phi) is 4.84. The fraction of sp³-hybridized carbons (Fsp3) is 0.200. The predicted octanol–water partition coefficient (Wildman–Crippen LogP) is 2.28. The molecule has 0 N–H and O–H groups in total. The van der Waals surface area contributed by atoms with Crippen LogP contribution in [0.4, 0.5) is 0 Å². The average molecular weight is 336 g/mol. The molecule has 5 heteroatoms. The van der Waals surface area contributed by atoms with Gasteiger partial charge >= 0.3 is 0 Å². The van der Waals surface area contributed by atoms with E-state index >= 15 is 0 Å². The quantitative estimate of drug-likeness (QED) is 0.408. The van der Waals surface area contributed by atoms with Crippen molar-refractivity contribution in [1.29, 1.82) is 0 Å². The molecule has 0 aliphatic carbocycles. The number of nitrogens with zero attached hydrogens (tertiary/aromatic N) is 2. The molecule has 0 saturated carbocycles. The smallest absolute Gasteiger partial charge is 0.210 e. The summed E-state index contributed by atoms with van der Waals surface area (Å²) < 4.78 is 12.3. The number of methoxy groups -OCH3 is 2. The molecule has 5 nitrogen and oxygen atoms in total. The van der Waals surface area contributed by atoms with Gasteiger partial charge in [0.1, 0.15) is 0 Å². The normalized spacial score (nSPS) is 11.6. The van der Waals surface area contributed by atoms with E-state index in [1.54, 1.807) is 31.0 Å². The van der Waals surface area contributed by atoms with Crippen molar-refractivity contribution in [2.75, 3.05) is 14.2 Å². The van der Waals surface area contributed by atoms with Crippen LogP contribution in [0.15, 0.2) is 60.0 Å². The van der Waals surface area contributed by atoms with Crippen LogP contribution < -0.4 is 19.3 Å². The first-order chi connectivity index (χ1) is 12.2. The molecule has 0 aliphatic rings. The average Bonchev–Trinajstić information content (AvgIpc) is 2.66. The summed E-state index contributed by atoms with van der Waals surface area (Å²) in [5, 5.41) is 18.5. The summed E-state index contributed by atoms with van der Waals surface area (Å²) >= 11 is 0. The van der Waals surface area contributed by atoms with Gasteiger partial charge in [0.25, 0.3) is 0 Å². The van der Waals surface area contributed by atoms with Gasteiger partial charge in [-0.3, -0.25) is 0 Å². The van der Waals surface area contributed by atoms with Crippen LogP contribution in [0.5, 0.6) is 11.5 Å². The highest BCUT2D eigenvalue weighted by Crippen LogP contribution is 2.33. The second-order valence-electron chi connectivity index (χ2n) is 5.58. The van der Waals surface area contributed by atoms with Crippen LogP contribution in [0.25, 0.3) is 10.8 Å². The second-order valence-corrected chi connectivity index (χ2v) is 5.58. The lowest BCUT2D eigenvalue weighted by Gasteiger charge is -2.10. The molecule has 128 valence electrons. The van der Waals surface area contributed by atoms with Crippen LogP contribution in [0, 0.1) is 0 Å². The molecule has 25 heavy (non-hydrogen) atoms. The van der Waals surface area contributed by atoms with Crippen molar-refractivity contribution in [3.8, 4) is 11.5 Å². The molecular weight excluding hydrogens is 316 g/mol. The van der Waals surface area contributed by atoms with E-state index in [-0.39, 0.29) is 5.90 Å². The van der Waals surface area contributed by atoms with Gasteiger partial charge in [-0.25, -0.2) is 0 Å². The highest BCUT2D eigenvalue weighted by atomic mass is 16.5. The Labute approximate surface area is 146 Å². The number of pyridine rings is 1. The third-order valence-electron chi connectivity index (χ3n) is 4.07. The van der Waals surface area contributed by atoms with Gasteiger partial charge in [0.05, 0.1) is 25.5 Å². The van der Waals surface area contributed by atoms with Crippen molar-refractivity contribution >= 4 is 16.7 Å². The predicted molar refractivity (Wildman–Crippen MR) is 95.0 cm³/mol. The fourth-order valence-electron chi connectivity index (χ4n) is 2.77. The lowest BCUT2D eigenvalue weighted by atomic mass is 10.1. The molecule has 0 atom stereocenters. The number of rotatable bonds is 5. The summed E-state index contributed by atoms with van der Waals surface area (Å²) in [7, 11) is 3.22. The lowest BCUT2D eigenvalue weighted by Crippen LogP contribution is -2.34. The maximum atomic E-state index is 12.3. The highest BCUT2D eigenvalue weighted by molar-refractivity contribution is 5.90. The zero-order valence-electron chi connectivity index (χ0n) is 14.5. The van der Waals surface area contributed by atoms with E-state index < -0.39 is 0 Å². The number of aryl methyl sites for hydroxylation is 1. The summed E-state index contributed by atoms with van der Waals surface area (Å²) in [4.78, 5) is 0. The van der Waals surface area contributed by atoms with Crippen LogP contribution in [0.3, 0.4) is 0 Å². The maximum absolute atomic E-state index is 12.3.